The van der Waals surface area contributed by atoms with Crippen LogP contribution in [0.15, 0.2) is 48.5 Å². The van der Waals surface area contributed by atoms with E-state index in [1.807, 2.05) is 19.1 Å². The van der Waals surface area contributed by atoms with Crippen molar-refractivity contribution in [3.05, 3.63) is 59.9 Å². The van der Waals surface area contributed by atoms with Crippen molar-refractivity contribution >= 4 is 27.3 Å². The van der Waals surface area contributed by atoms with Crippen molar-refractivity contribution in [3.8, 4) is 0 Å². The van der Waals surface area contributed by atoms with E-state index in [-0.39, 0.29) is 12.1 Å². The number of carbonyl (C=O) groups excluding carboxylic acids is 1. The highest BCUT2D eigenvalue weighted by Crippen LogP contribution is 2.26. The first-order valence-electron chi connectivity index (χ1n) is 8.41. The predicted molar refractivity (Wildman–Crippen MR) is 102 cm³/mol. The zero-order valence-electron chi connectivity index (χ0n) is 15.1. The van der Waals surface area contributed by atoms with Gasteiger partial charge in [-0.15, -0.1) is 0 Å². The van der Waals surface area contributed by atoms with Crippen LogP contribution in [0.5, 0.6) is 0 Å². The van der Waals surface area contributed by atoms with Crippen molar-refractivity contribution in [1.82, 2.24) is 0 Å². The van der Waals surface area contributed by atoms with Crippen LogP contribution in [-0.2, 0) is 21.2 Å². The fraction of sp³-hybridized carbons (Fsp3) is 0.316. The number of hydrogen-bond acceptors (Lipinski definition) is 3. The SMILES string of the molecule is CCc1ccc(NC(=O)C(CC)N(c2ccccc2F)S(C)(=O)=O)cc1. The molecule has 0 aliphatic rings. The van der Waals surface area contributed by atoms with Crippen molar-refractivity contribution in [2.24, 2.45) is 0 Å². The molecular formula is C19H23FN2O3S. The molecule has 0 aliphatic carbocycles. The van der Waals surface area contributed by atoms with Gasteiger partial charge in [0.1, 0.15) is 11.9 Å². The summed E-state index contributed by atoms with van der Waals surface area (Å²) in [6.07, 6.45) is 2.03. The molecule has 1 atom stereocenters. The number of sulfonamides is 1. The van der Waals surface area contributed by atoms with Gasteiger partial charge in [-0.25, -0.2) is 12.8 Å². The van der Waals surface area contributed by atoms with E-state index < -0.39 is 27.8 Å². The van der Waals surface area contributed by atoms with Crippen LogP contribution >= 0.6 is 0 Å². The Bertz CT molecular complexity index is 867. The number of nitrogens with one attached hydrogen (secondary N) is 1. The number of anilines is 2. The topological polar surface area (TPSA) is 66.5 Å². The van der Waals surface area contributed by atoms with Crippen LogP contribution < -0.4 is 9.62 Å². The molecule has 0 fully saturated rings. The summed E-state index contributed by atoms with van der Waals surface area (Å²) in [6, 6.07) is 11.8. The molecule has 0 radical (unpaired) electrons. The maximum atomic E-state index is 14.2. The molecule has 0 saturated heterocycles. The quantitative estimate of drug-likeness (QED) is 0.801. The van der Waals surface area contributed by atoms with Gasteiger partial charge < -0.3 is 5.32 Å². The second-order valence-corrected chi connectivity index (χ2v) is 7.83. The van der Waals surface area contributed by atoms with E-state index in [0.717, 1.165) is 22.5 Å². The Balaban J connectivity index is 2.35. The summed E-state index contributed by atoms with van der Waals surface area (Å²) in [4.78, 5) is 12.7. The van der Waals surface area contributed by atoms with E-state index in [9.17, 15) is 17.6 Å². The highest BCUT2D eigenvalue weighted by molar-refractivity contribution is 7.92. The van der Waals surface area contributed by atoms with E-state index in [4.69, 9.17) is 0 Å². The minimum atomic E-state index is -3.87. The molecule has 140 valence electrons. The number of para-hydroxylation sites is 1. The molecule has 0 aromatic heterocycles. The zero-order chi connectivity index (χ0) is 19.3. The van der Waals surface area contributed by atoms with Gasteiger partial charge in [0.2, 0.25) is 15.9 Å². The van der Waals surface area contributed by atoms with Gasteiger partial charge in [-0.1, -0.05) is 38.1 Å². The zero-order valence-corrected chi connectivity index (χ0v) is 15.9. The molecule has 5 nitrogen and oxygen atoms in total. The largest absolute Gasteiger partial charge is 0.324 e. The third kappa shape index (κ3) is 4.60. The van der Waals surface area contributed by atoms with Crippen LogP contribution in [0.4, 0.5) is 15.8 Å². The number of benzene rings is 2. The molecule has 2 aromatic rings. The molecule has 0 bridgehead atoms. The van der Waals surface area contributed by atoms with Crippen LogP contribution in [0.25, 0.3) is 0 Å². The minimum absolute atomic E-state index is 0.140. The fourth-order valence-electron chi connectivity index (χ4n) is 2.72. The molecule has 0 aliphatic heterocycles. The van der Waals surface area contributed by atoms with Gasteiger partial charge in [-0.3, -0.25) is 9.10 Å². The number of carbonyl (C=O) groups is 1. The summed E-state index contributed by atoms with van der Waals surface area (Å²) in [5, 5.41) is 2.72. The molecule has 2 aromatic carbocycles. The molecule has 1 amide bonds. The van der Waals surface area contributed by atoms with Gasteiger partial charge >= 0.3 is 0 Å². The first-order valence-corrected chi connectivity index (χ1v) is 10.3. The normalized spacial score (nSPS) is 12.5. The van der Waals surface area contributed by atoms with E-state index in [0.29, 0.717) is 5.69 Å². The van der Waals surface area contributed by atoms with Crippen molar-refractivity contribution < 1.29 is 17.6 Å². The molecule has 0 heterocycles. The molecule has 0 spiro atoms. The summed E-state index contributed by atoms with van der Waals surface area (Å²) < 4.78 is 39.7. The number of halogens is 1. The first-order chi connectivity index (χ1) is 12.3. The molecule has 26 heavy (non-hydrogen) atoms. The third-order valence-electron chi connectivity index (χ3n) is 4.05. The standard InChI is InChI=1S/C19H23FN2O3S/c1-4-14-10-12-15(13-11-14)21-19(23)17(5-2)22(26(3,24)25)18-9-7-6-8-16(18)20/h6-13,17H,4-5H2,1-3H3,(H,21,23). The predicted octanol–water partition coefficient (Wildman–Crippen LogP) is 3.57. The Morgan fingerprint density at radius 2 is 1.73 bits per heavy atom. The second-order valence-electron chi connectivity index (χ2n) is 5.97. The molecule has 2 rings (SSSR count). The Kier molecular flexibility index (Phi) is 6.37. The van der Waals surface area contributed by atoms with Crippen molar-refractivity contribution in [3.63, 3.8) is 0 Å². The number of nitrogens with zero attached hydrogens (tertiary/aromatic N) is 1. The molecule has 0 saturated carbocycles. The van der Waals surface area contributed by atoms with Crippen molar-refractivity contribution in [2.45, 2.75) is 32.7 Å². The van der Waals surface area contributed by atoms with Crippen LogP contribution in [0.2, 0.25) is 0 Å². The highest BCUT2D eigenvalue weighted by Gasteiger charge is 2.33. The lowest BCUT2D eigenvalue weighted by molar-refractivity contribution is -0.117. The summed E-state index contributed by atoms with van der Waals surface area (Å²) in [5.74, 6) is -1.21. The Hall–Kier alpha value is -2.41. The van der Waals surface area contributed by atoms with Gasteiger partial charge in [0.15, 0.2) is 0 Å². The maximum Gasteiger partial charge on any atom is 0.248 e. The summed E-state index contributed by atoms with van der Waals surface area (Å²) in [7, 11) is -3.87. The number of aryl methyl sites for hydroxylation is 1. The number of hydrogen-bond donors (Lipinski definition) is 1. The monoisotopic (exact) mass is 378 g/mol. The molecule has 1 N–H and O–H groups in total. The smallest absolute Gasteiger partial charge is 0.248 e. The first kappa shape index (κ1) is 19.9. The van der Waals surface area contributed by atoms with Gasteiger partial charge in [0.25, 0.3) is 0 Å². The lowest BCUT2D eigenvalue weighted by atomic mass is 10.1. The highest BCUT2D eigenvalue weighted by atomic mass is 32.2. The number of rotatable bonds is 7. The van der Waals surface area contributed by atoms with Gasteiger partial charge in [0, 0.05) is 5.69 Å². The van der Waals surface area contributed by atoms with Crippen LogP contribution in [-0.4, -0.2) is 26.6 Å². The second kappa shape index (κ2) is 8.31. The lowest BCUT2D eigenvalue weighted by Gasteiger charge is -2.30. The van der Waals surface area contributed by atoms with E-state index in [1.54, 1.807) is 19.1 Å². The Morgan fingerprint density at radius 3 is 2.23 bits per heavy atom. The summed E-state index contributed by atoms with van der Waals surface area (Å²) >= 11 is 0. The van der Waals surface area contributed by atoms with Crippen molar-refractivity contribution in [2.75, 3.05) is 15.9 Å². The van der Waals surface area contributed by atoms with Crippen LogP contribution in [0.3, 0.4) is 0 Å². The van der Waals surface area contributed by atoms with Crippen LogP contribution in [0, 0.1) is 5.82 Å². The average molecular weight is 378 g/mol. The summed E-state index contributed by atoms with van der Waals surface area (Å²) in [5.41, 5.74) is 1.55. The fourth-order valence-corrected chi connectivity index (χ4v) is 3.93. The third-order valence-corrected chi connectivity index (χ3v) is 5.22. The van der Waals surface area contributed by atoms with E-state index in [1.165, 1.54) is 24.3 Å². The molecular weight excluding hydrogens is 355 g/mol. The molecule has 1 unspecified atom stereocenters. The van der Waals surface area contributed by atoms with E-state index >= 15 is 0 Å². The van der Waals surface area contributed by atoms with Crippen molar-refractivity contribution in [1.29, 1.82) is 0 Å². The Labute approximate surface area is 153 Å². The van der Waals surface area contributed by atoms with Gasteiger partial charge in [-0.2, -0.15) is 0 Å². The summed E-state index contributed by atoms with van der Waals surface area (Å²) in [6.45, 7) is 3.71. The Morgan fingerprint density at radius 1 is 1.12 bits per heavy atom. The lowest BCUT2D eigenvalue weighted by Crippen LogP contribution is -2.47. The minimum Gasteiger partial charge on any atom is -0.324 e. The van der Waals surface area contributed by atoms with E-state index in [2.05, 4.69) is 5.32 Å². The van der Waals surface area contributed by atoms with Crippen LogP contribution in [0.1, 0.15) is 25.8 Å². The molecule has 7 heteroatoms. The van der Waals surface area contributed by atoms with Gasteiger partial charge in [-0.05, 0) is 42.7 Å². The van der Waals surface area contributed by atoms with Gasteiger partial charge in [0.05, 0.1) is 11.9 Å². The number of amides is 1. The maximum absolute atomic E-state index is 14.2. The average Bonchev–Trinajstić information content (AvgIpc) is 2.60.